The predicted octanol–water partition coefficient (Wildman–Crippen LogP) is 1.57. The zero-order valence-corrected chi connectivity index (χ0v) is 9.06. The fourth-order valence-corrected chi connectivity index (χ4v) is 1.24. The van der Waals surface area contributed by atoms with Crippen molar-refractivity contribution in [1.82, 2.24) is 10.2 Å². The molecule has 0 saturated carbocycles. The summed E-state index contributed by atoms with van der Waals surface area (Å²) in [5.74, 6) is 0.854. The van der Waals surface area contributed by atoms with E-state index in [9.17, 15) is 0 Å². The van der Waals surface area contributed by atoms with Gasteiger partial charge in [-0.25, -0.2) is 0 Å². The first-order valence-electron chi connectivity index (χ1n) is 5.06. The van der Waals surface area contributed by atoms with Crippen molar-refractivity contribution in [3.63, 3.8) is 0 Å². The van der Waals surface area contributed by atoms with E-state index >= 15 is 0 Å². The van der Waals surface area contributed by atoms with Crippen LogP contribution in [0.2, 0.25) is 0 Å². The number of nitrogens with one attached hydrogen (secondary N) is 1. The number of hydrogen-bond donors (Lipinski definition) is 1. The monoisotopic (exact) mass is 172 g/mol. The number of rotatable bonds is 7. The van der Waals surface area contributed by atoms with Gasteiger partial charge in [-0.15, -0.1) is 0 Å². The second kappa shape index (κ2) is 7.56. The Morgan fingerprint density at radius 2 is 1.92 bits per heavy atom. The zero-order chi connectivity index (χ0) is 9.40. The highest BCUT2D eigenvalue weighted by atomic mass is 15.0. The average molecular weight is 172 g/mol. The Balaban J connectivity index is 3.39. The Hall–Kier alpha value is -0.0800. The topological polar surface area (TPSA) is 15.3 Å². The first kappa shape index (κ1) is 11.9. The minimum atomic E-state index is 0.854. The third kappa shape index (κ3) is 6.62. The van der Waals surface area contributed by atoms with E-state index in [-0.39, 0.29) is 0 Å². The summed E-state index contributed by atoms with van der Waals surface area (Å²) in [6.45, 7) is 7.93. The van der Waals surface area contributed by atoms with Crippen molar-refractivity contribution in [3.05, 3.63) is 0 Å². The largest absolute Gasteiger partial charge is 0.317 e. The standard InChI is InChI=1S/C10H24N2/c1-5-10(9-11-6-2)7-8-12(3)4/h10-11H,5-9H2,1-4H3. The van der Waals surface area contributed by atoms with Gasteiger partial charge in [-0.3, -0.25) is 0 Å². The fraction of sp³-hybridized carbons (Fsp3) is 1.00. The first-order chi connectivity index (χ1) is 5.70. The molecule has 0 aromatic carbocycles. The Bertz CT molecular complexity index is 91.8. The Morgan fingerprint density at radius 1 is 1.25 bits per heavy atom. The summed E-state index contributed by atoms with van der Waals surface area (Å²) in [6.07, 6.45) is 2.61. The van der Waals surface area contributed by atoms with Gasteiger partial charge in [-0.1, -0.05) is 20.3 Å². The van der Waals surface area contributed by atoms with Crippen molar-refractivity contribution < 1.29 is 0 Å². The quantitative estimate of drug-likeness (QED) is 0.627. The van der Waals surface area contributed by atoms with Gasteiger partial charge in [-0.2, -0.15) is 0 Å². The van der Waals surface area contributed by atoms with Crippen LogP contribution in [0.3, 0.4) is 0 Å². The van der Waals surface area contributed by atoms with Crippen molar-refractivity contribution in [2.45, 2.75) is 26.7 Å². The van der Waals surface area contributed by atoms with Crippen molar-refractivity contribution in [2.75, 3.05) is 33.7 Å². The molecule has 1 unspecified atom stereocenters. The third-order valence-corrected chi connectivity index (χ3v) is 2.24. The van der Waals surface area contributed by atoms with Gasteiger partial charge in [0.2, 0.25) is 0 Å². The fourth-order valence-electron chi connectivity index (χ4n) is 1.24. The molecule has 0 saturated heterocycles. The zero-order valence-electron chi connectivity index (χ0n) is 9.06. The third-order valence-electron chi connectivity index (χ3n) is 2.24. The lowest BCUT2D eigenvalue weighted by Crippen LogP contribution is -2.25. The highest BCUT2D eigenvalue weighted by molar-refractivity contribution is 4.61. The van der Waals surface area contributed by atoms with Gasteiger partial charge in [0.25, 0.3) is 0 Å². The molecule has 0 bridgehead atoms. The molecule has 0 heterocycles. The molecule has 0 fully saturated rings. The van der Waals surface area contributed by atoms with Crippen LogP contribution in [0.15, 0.2) is 0 Å². The summed E-state index contributed by atoms with van der Waals surface area (Å²) in [6, 6.07) is 0. The van der Waals surface area contributed by atoms with Crippen LogP contribution < -0.4 is 5.32 Å². The molecule has 0 amide bonds. The highest BCUT2D eigenvalue weighted by Gasteiger charge is 2.04. The van der Waals surface area contributed by atoms with Crippen molar-refractivity contribution >= 4 is 0 Å². The summed E-state index contributed by atoms with van der Waals surface area (Å²) in [5.41, 5.74) is 0. The SMILES string of the molecule is CCNCC(CC)CCN(C)C. The lowest BCUT2D eigenvalue weighted by Gasteiger charge is -2.17. The smallest absolute Gasteiger partial charge is 0.00203 e. The van der Waals surface area contributed by atoms with E-state index in [0.29, 0.717) is 0 Å². The van der Waals surface area contributed by atoms with Crippen molar-refractivity contribution in [3.8, 4) is 0 Å². The van der Waals surface area contributed by atoms with E-state index in [1.807, 2.05) is 0 Å². The molecule has 1 atom stereocenters. The predicted molar refractivity (Wildman–Crippen MR) is 55.5 cm³/mol. The maximum atomic E-state index is 3.40. The molecule has 0 aromatic rings. The van der Waals surface area contributed by atoms with Crippen LogP contribution in [0.25, 0.3) is 0 Å². The molecule has 0 aliphatic rings. The molecule has 0 aromatic heterocycles. The molecule has 1 N–H and O–H groups in total. The summed E-state index contributed by atoms with van der Waals surface area (Å²) < 4.78 is 0. The lowest BCUT2D eigenvalue weighted by atomic mass is 10.0. The Kier molecular flexibility index (Phi) is 7.51. The molecule has 74 valence electrons. The Labute approximate surface area is 77.3 Å². The molecule has 12 heavy (non-hydrogen) atoms. The highest BCUT2D eigenvalue weighted by Crippen LogP contribution is 2.06. The average Bonchev–Trinajstić information content (AvgIpc) is 2.05. The number of hydrogen-bond acceptors (Lipinski definition) is 2. The summed E-state index contributed by atoms with van der Waals surface area (Å²) in [4.78, 5) is 2.26. The van der Waals surface area contributed by atoms with Crippen LogP contribution in [-0.2, 0) is 0 Å². The van der Waals surface area contributed by atoms with E-state index < -0.39 is 0 Å². The molecule has 0 radical (unpaired) electrons. The maximum absolute atomic E-state index is 3.40. The molecule has 0 aliphatic carbocycles. The minimum absolute atomic E-state index is 0.854. The molecule has 2 nitrogen and oxygen atoms in total. The van der Waals surface area contributed by atoms with Crippen molar-refractivity contribution in [1.29, 1.82) is 0 Å². The molecular weight excluding hydrogens is 148 g/mol. The van der Waals surface area contributed by atoms with Crippen LogP contribution in [0.1, 0.15) is 26.7 Å². The van der Waals surface area contributed by atoms with Gasteiger partial charge in [-0.05, 0) is 46.1 Å². The summed E-state index contributed by atoms with van der Waals surface area (Å²) in [5, 5.41) is 3.40. The van der Waals surface area contributed by atoms with Gasteiger partial charge in [0.15, 0.2) is 0 Å². The summed E-state index contributed by atoms with van der Waals surface area (Å²) in [7, 11) is 4.28. The van der Waals surface area contributed by atoms with E-state index in [0.717, 1.165) is 12.5 Å². The molecule has 0 spiro atoms. The van der Waals surface area contributed by atoms with E-state index in [1.165, 1.54) is 25.9 Å². The van der Waals surface area contributed by atoms with E-state index in [4.69, 9.17) is 0 Å². The van der Waals surface area contributed by atoms with Gasteiger partial charge < -0.3 is 10.2 Å². The van der Waals surface area contributed by atoms with Crippen LogP contribution >= 0.6 is 0 Å². The second-order valence-electron chi connectivity index (χ2n) is 3.67. The van der Waals surface area contributed by atoms with Gasteiger partial charge >= 0.3 is 0 Å². The minimum Gasteiger partial charge on any atom is -0.317 e. The van der Waals surface area contributed by atoms with Crippen molar-refractivity contribution in [2.24, 2.45) is 5.92 Å². The van der Waals surface area contributed by atoms with Gasteiger partial charge in [0.1, 0.15) is 0 Å². The van der Waals surface area contributed by atoms with Gasteiger partial charge in [0, 0.05) is 0 Å². The summed E-state index contributed by atoms with van der Waals surface area (Å²) >= 11 is 0. The van der Waals surface area contributed by atoms with E-state index in [1.54, 1.807) is 0 Å². The van der Waals surface area contributed by atoms with Crippen LogP contribution in [0.4, 0.5) is 0 Å². The molecule has 0 aliphatic heterocycles. The first-order valence-corrected chi connectivity index (χ1v) is 5.06. The van der Waals surface area contributed by atoms with Gasteiger partial charge in [0.05, 0.1) is 0 Å². The van der Waals surface area contributed by atoms with Crippen LogP contribution in [-0.4, -0.2) is 38.6 Å². The normalized spacial score (nSPS) is 13.8. The van der Waals surface area contributed by atoms with Crippen LogP contribution in [0, 0.1) is 5.92 Å². The van der Waals surface area contributed by atoms with Crippen LogP contribution in [0.5, 0.6) is 0 Å². The second-order valence-corrected chi connectivity index (χ2v) is 3.67. The maximum Gasteiger partial charge on any atom is -0.00203 e. The number of nitrogens with zero attached hydrogens (tertiary/aromatic N) is 1. The molecule has 0 rings (SSSR count). The van der Waals surface area contributed by atoms with E-state index in [2.05, 4.69) is 38.2 Å². The molecular formula is C10H24N2. The lowest BCUT2D eigenvalue weighted by molar-refractivity contribution is 0.337. The Morgan fingerprint density at radius 3 is 2.33 bits per heavy atom. The molecule has 2 heteroatoms.